The van der Waals surface area contributed by atoms with Crippen LogP contribution in [0, 0.1) is 29.9 Å². The summed E-state index contributed by atoms with van der Waals surface area (Å²) in [6.45, 7) is 1.83. The fraction of sp³-hybridized carbons (Fsp3) is 0.167. The van der Waals surface area contributed by atoms with Crippen molar-refractivity contribution in [2.24, 2.45) is 0 Å². The molecule has 25 heavy (non-hydrogen) atoms. The first-order chi connectivity index (χ1) is 11.6. The SMILES string of the molecule is Cc1ccc(/C=C/C(c2cc(F)c(C#N)c(F)c2)C(F)(F)F)cc1Br. The van der Waals surface area contributed by atoms with Crippen molar-refractivity contribution in [3.05, 3.63) is 74.8 Å². The molecule has 0 radical (unpaired) electrons. The van der Waals surface area contributed by atoms with E-state index < -0.39 is 34.9 Å². The molecule has 0 bridgehead atoms. The third kappa shape index (κ3) is 4.45. The van der Waals surface area contributed by atoms with Crippen LogP contribution in [0.3, 0.4) is 0 Å². The molecule has 1 atom stereocenters. The van der Waals surface area contributed by atoms with Crippen molar-refractivity contribution < 1.29 is 22.0 Å². The molecule has 0 heterocycles. The lowest BCUT2D eigenvalue weighted by molar-refractivity contribution is -0.139. The van der Waals surface area contributed by atoms with E-state index in [1.54, 1.807) is 18.2 Å². The number of nitriles is 1. The molecule has 0 amide bonds. The van der Waals surface area contributed by atoms with Crippen LogP contribution in [0.25, 0.3) is 6.08 Å². The lowest BCUT2D eigenvalue weighted by Crippen LogP contribution is -2.19. The number of rotatable bonds is 3. The van der Waals surface area contributed by atoms with Crippen molar-refractivity contribution in [3.8, 4) is 6.07 Å². The standard InChI is InChI=1S/C18H11BrF5N/c1-10-2-3-11(6-15(10)19)4-5-14(18(22,23)24)12-7-16(20)13(9-25)17(21)8-12/h2-8,14H,1H3/b5-4+. The Morgan fingerprint density at radius 3 is 2.20 bits per heavy atom. The summed E-state index contributed by atoms with van der Waals surface area (Å²) in [7, 11) is 0. The van der Waals surface area contributed by atoms with E-state index in [1.807, 2.05) is 6.92 Å². The van der Waals surface area contributed by atoms with Crippen LogP contribution in [0.1, 0.15) is 28.2 Å². The van der Waals surface area contributed by atoms with E-state index in [-0.39, 0.29) is 0 Å². The van der Waals surface area contributed by atoms with Crippen molar-refractivity contribution in [1.29, 1.82) is 5.26 Å². The number of benzene rings is 2. The molecule has 0 aliphatic rings. The number of aryl methyl sites for hydroxylation is 1. The molecule has 1 nitrogen and oxygen atoms in total. The summed E-state index contributed by atoms with van der Waals surface area (Å²) >= 11 is 3.29. The number of alkyl halides is 3. The molecule has 1 unspecified atom stereocenters. The number of hydrogen-bond donors (Lipinski definition) is 0. The molecule has 2 aromatic carbocycles. The molecule has 0 spiro atoms. The molecule has 0 aliphatic heterocycles. The van der Waals surface area contributed by atoms with Crippen molar-refractivity contribution in [3.63, 3.8) is 0 Å². The molecule has 2 rings (SSSR count). The maximum atomic E-state index is 13.7. The van der Waals surface area contributed by atoms with E-state index >= 15 is 0 Å². The van der Waals surface area contributed by atoms with E-state index in [9.17, 15) is 22.0 Å². The van der Waals surface area contributed by atoms with Gasteiger partial charge >= 0.3 is 6.18 Å². The summed E-state index contributed by atoms with van der Waals surface area (Å²) in [4.78, 5) is 0. The van der Waals surface area contributed by atoms with Crippen molar-refractivity contribution >= 4 is 22.0 Å². The largest absolute Gasteiger partial charge is 0.399 e. The van der Waals surface area contributed by atoms with Crippen LogP contribution in [-0.4, -0.2) is 6.18 Å². The second kappa shape index (κ2) is 7.36. The van der Waals surface area contributed by atoms with Crippen LogP contribution in [0.15, 0.2) is 40.9 Å². The summed E-state index contributed by atoms with van der Waals surface area (Å²) < 4.78 is 68.0. The van der Waals surface area contributed by atoms with Gasteiger partial charge in [0, 0.05) is 4.47 Å². The van der Waals surface area contributed by atoms with Crippen LogP contribution >= 0.6 is 15.9 Å². The number of allylic oxidation sites excluding steroid dienone is 1. The topological polar surface area (TPSA) is 23.8 Å². The van der Waals surface area contributed by atoms with Crippen LogP contribution in [-0.2, 0) is 0 Å². The van der Waals surface area contributed by atoms with Crippen molar-refractivity contribution in [2.45, 2.75) is 19.0 Å². The molecule has 0 saturated heterocycles. The highest BCUT2D eigenvalue weighted by atomic mass is 79.9. The Balaban J connectivity index is 2.46. The van der Waals surface area contributed by atoms with Gasteiger partial charge in [-0.2, -0.15) is 18.4 Å². The first kappa shape index (κ1) is 19.1. The maximum absolute atomic E-state index is 13.7. The van der Waals surface area contributed by atoms with E-state index in [0.717, 1.165) is 16.1 Å². The number of halogens is 6. The second-order valence-corrected chi connectivity index (χ2v) is 6.21. The first-order valence-corrected chi connectivity index (χ1v) is 7.83. The summed E-state index contributed by atoms with van der Waals surface area (Å²) in [6, 6.07) is 7.35. The molecular weight excluding hydrogens is 405 g/mol. The fourth-order valence-electron chi connectivity index (χ4n) is 2.21. The predicted molar refractivity (Wildman–Crippen MR) is 87.8 cm³/mol. The van der Waals surface area contributed by atoms with Crippen LogP contribution in [0.2, 0.25) is 0 Å². The minimum atomic E-state index is -4.74. The van der Waals surface area contributed by atoms with Gasteiger partial charge in [0.15, 0.2) is 0 Å². The summed E-state index contributed by atoms with van der Waals surface area (Å²) in [5.74, 6) is -4.85. The summed E-state index contributed by atoms with van der Waals surface area (Å²) in [5, 5.41) is 8.62. The molecule has 0 fully saturated rings. The lowest BCUT2D eigenvalue weighted by atomic mass is 9.95. The quantitative estimate of drug-likeness (QED) is 0.542. The molecular formula is C18H11BrF5N. The third-order valence-corrected chi connectivity index (χ3v) is 4.42. The van der Waals surface area contributed by atoms with Crippen LogP contribution in [0.5, 0.6) is 0 Å². The molecule has 0 saturated carbocycles. The van der Waals surface area contributed by atoms with Gasteiger partial charge in [-0.05, 0) is 41.8 Å². The number of nitrogens with zero attached hydrogens (tertiary/aromatic N) is 1. The van der Waals surface area contributed by atoms with Gasteiger partial charge < -0.3 is 0 Å². The minimum absolute atomic E-state index is 0.501. The zero-order valence-corrected chi connectivity index (χ0v) is 14.4. The minimum Gasteiger partial charge on any atom is -0.205 e. The van der Waals surface area contributed by atoms with Gasteiger partial charge in [0.1, 0.15) is 23.3 Å². The Morgan fingerprint density at radius 2 is 1.72 bits per heavy atom. The zero-order chi connectivity index (χ0) is 18.8. The Labute approximate surface area is 149 Å². The predicted octanol–water partition coefficient (Wildman–Crippen LogP) is 6.27. The molecule has 2 aromatic rings. The van der Waals surface area contributed by atoms with Crippen molar-refractivity contribution in [2.75, 3.05) is 0 Å². The van der Waals surface area contributed by atoms with E-state index in [2.05, 4.69) is 15.9 Å². The Bertz CT molecular complexity index is 842. The van der Waals surface area contributed by atoms with Gasteiger partial charge in [-0.25, -0.2) is 8.78 Å². The lowest BCUT2D eigenvalue weighted by Gasteiger charge is -2.18. The van der Waals surface area contributed by atoms with Crippen molar-refractivity contribution in [1.82, 2.24) is 0 Å². The third-order valence-electron chi connectivity index (χ3n) is 3.57. The normalized spacial score (nSPS) is 13.0. The van der Waals surface area contributed by atoms with Gasteiger partial charge in [0.2, 0.25) is 0 Å². The molecule has 0 aromatic heterocycles. The molecule has 130 valence electrons. The van der Waals surface area contributed by atoms with E-state index in [1.165, 1.54) is 12.1 Å². The second-order valence-electron chi connectivity index (χ2n) is 5.36. The average molecular weight is 416 g/mol. The molecule has 0 N–H and O–H groups in total. The summed E-state index contributed by atoms with van der Waals surface area (Å²) in [5.41, 5.74) is -0.0953. The van der Waals surface area contributed by atoms with Crippen LogP contribution < -0.4 is 0 Å². The summed E-state index contributed by atoms with van der Waals surface area (Å²) in [6.07, 6.45) is -2.68. The Kier molecular flexibility index (Phi) is 5.63. The monoisotopic (exact) mass is 415 g/mol. The highest BCUT2D eigenvalue weighted by molar-refractivity contribution is 9.10. The van der Waals surface area contributed by atoms with Gasteiger partial charge in [0.05, 0.1) is 5.92 Å². The molecule has 0 aliphatic carbocycles. The Morgan fingerprint density at radius 1 is 1.12 bits per heavy atom. The van der Waals surface area contributed by atoms with E-state index in [0.29, 0.717) is 17.7 Å². The average Bonchev–Trinajstić information content (AvgIpc) is 2.49. The van der Waals surface area contributed by atoms with Gasteiger partial charge in [-0.1, -0.05) is 40.2 Å². The highest BCUT2D eigenvalue weighted by Gasteiger charge is 2.39. The highest BCUT2D eigenvalue weighted by Crippen LogP contribution is 2.37. The zero-order valence-electron chi connectivity index (χ0n) is 12.8. The fourth-order valence-corrected chi connectivity index (χ4v) is 2.60. The number of hydrogen-bond acceptors (Lipinski definition) is 1. The molecule has 7 heteroatoms. The maximum Gasteiger partial charge on any atom is 0.399 e. The van der Waals surface area contributed by atoms with Crippen LogP contribution in [0.4, 0.5) is 22.0 Å². The Hall–Kier alpha value is -2.20. The van der Waals surface area contributed by atoms with Gasteiger partial charge in [-0.3, -0.25) is 0 Å². The van der Waals surface area contributed by atoms with Gasteiger partial charge in [-0.15, -0.1) is 0 Å². The van der Waals surface area contributed by atoms with E-state index in [4.69, 9.17) is 5.26 Å². The first-order valence-electron chi connectivity index (χ1n) is 7.03. The van der Waals surface area contributed by atoms with Gasteiger partial charge in [0.25, 0.3) is 0 Å². The smallest absolute Gasteiger partial charge is 0.205 e.